The summed E-state index contributed by atoms with van der Waals surface area (Å²) in [6, 6.07) is 6.03. The highest BCUT2D eigenvalue weighted by Gasteiger charge is 2.31. The first-order valence-electron chi connectivity index (χ1n) is 12.1. The van der Waals surface area contributed by atoms with Crippen LogP contribution in [0.1, 0.15) is 83.2 Å². The molecule has 0 radical (unpaired) electrons. The number of ether oxygens (including phenoxy) is 1. The number of cyclic esters (lactones) is 1. The number of fused-ring (bicyclic) bond motifs is 1. The number of aliphatic hydroxyl groups excluding tert-OH is 1. The zero-order valence-electron chi connectivity index (χ0n) is 20.6. The van der Waals surface area contributed by atoms with E-state index in [1.54, 1.807) is 0 Å². The van der Waals surface area contributed by atoms with Gasteiger partial charge in [-0.3, -0.25) is 9.59 Å². The largest absolute Gasteiger partial charge is 0.457 e. The van der Waals surface area contributed by atoms with Gasteiger partial charge in [-0.15, -0.1) is 0 Å². The molecule has 1 aliphatic rings. The van der Waals surface area contributed by atoms with E-state index in [1.165, 1.54) is 0 Å². The van der Waals surface area contributed by atoms with Crippen LogP contribution < -0.4 is 0 Å². The van der Waals surface area contributed by atoms with Gasteiger partial charge in [-0.1, -0.05) is 39.0 Å². The Labute approximate surface area is 197 Å². The molecule has 3 atom stereocenters. The topological polar surface area (TPSA) is 81.4 Å². The van der Waals surface area contributed by atoms with E-state index in [-0.39, 0.29) is 30.5 Å². The molecule has 1 N–H and O–H groups in total. The van der Waals surface area contributed by atoms with E-state index in [4.69, 9.17) is 4.74 Å². The Morgan fingerprint density at radius 2 is 1.97 bits per heavy atom. The van der Waals surface area contributed by atoms with Crippen LogP contribution in [0.5, 0.6) is 0 Å². The van der Waals surface area contributed by atoms with Gasteiger partial charge >= 0.3 is 5.97 Å². The molecule has 0 aliphatic carbocycles. The molecule has 6 nitrogen and oxygen atoms in total. The summed E-state index contributed by atoms with van der Waals surface area (Å²) in [6.45, 7) is 7.67. The van der Waals surface area contributed by atoms with Crippen molar-refractivity contribution in [3.8, 4) is 0 Å². The standard InChI is InChI=1S/C27H38N2O4/c1-18-10-8-6-7-9-11-24(20-12-13-22-21(16-20)28-19(2)29(22)5)33-26(32)14-15-27(3,4)25(31)17-23(18)30/h7,9,12-13,16,18,23-24,30H,6,8,10-11,14-15,17H2,1-5H3/b9-7+/t18-,23+,24-/m0/s1. The minimum absolute atomic E-state index is 0.00540. The van der Waals surface area contributed by atoms with E-state index < -0.39 is 17.6 Å². The predicted molar refractivity (Wildman–Crippen MR) is 130 cm³/mol. The second-order valence-electron chi connectivity index (χ2n) is 10.1. The summed E-state index contributed by atoms with van der Waals surface area (Å²) in [6.07, 6.45) is 7.12. The molecular formula is C27H38N2O4. The maximum absolute atomic E-state index is 12.8. The van der Waals surface area contributed by atoms with Crippen molar-refractivity contribution >= 4 is 22.8 Å². The van der Waals surface area contributed by atoms with Gasteiger partial charge in [0.1, 0.15) is 17.7 Å². The summed E-state index contributed by atoms with van der Waals surface area (Å²) in [5, 5.41) is 10.5. The summed E-state index contributed by atoms with van der Waals surface area (Å²) < 4.78 is 7.95. The Hall–Kier alpha value is -2.47. The lowest BCUT2D eigenvalue weighted by molar-refractivity contribution is -0.150. The first-order valence-corrected chi connectivity index (χ1v) is 12.1. The van der Waals surface area contributed by atoms with Crippen molar-refractivity contribution in [3.63, 3.8) is 0 Å². The van der Waals surface area contributed by atoms with Crippen LogP contribution in [0.3, 0.4) is 0 Å². The zero-order valence-corrected chi connectivity index (χ0v) is 20.6. The first-order chi connectivity index (χ1) is 15.6. The van der Waals surface area contributed by atoms with Crippen molar-refractivity contribution in [2.24, 2.45) is 18.4 Å². The molecule has 180 valence electrons. The average Bonchev–Trinajstić information content (AvgIpc) is 3.05. The fraction of sp³-hybridized carbons (Fsp3) is 0.593. The van der Waals surface area contributed by atoms with E-state index in [0.717, 1.165) is 41.7 Å². The van der Waals surface area contributed by atoms with Crippen LogP contribution in [0.2, 0.25) is 0 Å². The van der Waals surface area contributed by atoms with Gasteiger partial charge in [0.15, 0.2) is 0 Å². The normalized spacial score (nSPS) is 26.8. The number of hydrogen-bond acceptors (Lipinski definition) is 5. The van der Waals surface area contributed by atoms with Gasteiger partial charge in [0, 0.05) is 31.7 Å². The Bertz CT molecular complexity index is 1020. The van der Waals surface area contributed by atoms with Crippen LogP contribution in [0.4, 0.5) is 0 Å². The van der Waals surface area contributed by atoms with Gasteiger partial charge in [-0.25, -0.2) is 4.98 Å². The van der Waals surface area contributed by atoms with Crippen LogP contribution in [0, 0.1) is 18.3 Å². The third-order valence-corrected chi connectivity index (χ3v) is 7.08. The number of benzene rings is 1. The lowest BCUT2D eigenvalue weighted by Crippen LogP contribution is -2.31. The Morgan fingerprint density at radius 3 is 2.73 bits per heavy atom. The molecule has 2 aromatic rings. The molecule has 1 aromatic heterocycles. The zero-order chi connectivity index (χ0) is 24.2. The maximum atomic E-state index is 12.8. The van der Waals surface area contributed by atoms with Crippen LogP contribution in [0.15, 0.2) is 30.4 Å². The van der Waals surface area contributed by atoms with Crippen molar-refractivity contribution in [2.45, 2.75) is 84.8 Å². The fourth-order valence-electron chi connectivity index (χ4n) is 4.32. The number of hydrogen-bond donors (Lipinski definition) is 1. The Balaban J connectivity index is 1.82. The summed E-state index contributed by atoms with van der Waals surface area (Å²) >= 11 is 0. The Kier molecular flexibility index (Phi) is 8.11. The number of aryl methyl sites for hydroxylation is 2. The van der Waals surface area contributed by atoms with Gasteiger partial charge in [-0.2, -0.15) is 0 Å². The molecule has 2 heterocycles. The Morgan fingerprint density at radius 1 is 1.21 bits per heavy atom. The first kappa shape index (κ1) is 25.2. The maximum Gasteiger partial charge on any atom is 0.306 e. The number of imidazole rings is 1. The molecule has 0 unspecified atom stereocenters. The second-order valence-corrected chi connectivity index (χ2v) is 10.1. The molecule has 0 spiro atoms. The third kappa shape index (κ3) is 6.32. The average molecular weight is 455 g/mol. The number of rotatable bonds is 1. The van der Waals surface area contributed by atoms with E-state index in [0.29, 0.717) is 12.8 Å². The molecule has 1 aromatic carbocycles. The molecule has 0 bridgehead atoms. The van der Waals surface area contributed by atoms with E-state index >= 15 is 0 Å². The highest BCUT2D eigenvalue weighted by Crippen LogP contribution is 2.31. The van der Waals surface area contributed by atoms with Crippen molar-refractivity contribution in [1.82, 2.24) is 9.55 Å². The number of aliphatic hydroxyl groups is 1. The number of aromatic nitrogens is 2. The van der Waals surface area contributed by atoms with Crippen LogP contribution in [0.25, 0.3) is 11.0 Å². The van der Waals surface area contributed by atoms with Gasteiger partial charge < -0.3 is 14.4 Å². The number of carbonyl (C=O) groups is 2. The molecule has 0 saturated carbocycles. The fourth-order valence-corrected chi connectivity index (χ4v) is 4.32. The van der Waals surface area contributed by atoms with Gasteiger partial charge in [0.2, 0.25) is 0 Å². The van der Waals surface area contributed by atoms with Crippen LogP contribution >= 0.6 is 0 Å². The quantitative estimate of drug-likeness (QED) is 0.463. The minimum Gasteiger partial charge on any atom is -0.457 e. The highest BCUT2D eigenvalue weighted by atomic mass is 16.5. The monoisotopic (exact) mass is 454 g/mol. The van der Waals surface area contributed by atoms with Crippen molar-refractivity contribution in [2.75, 3.05) is 0 Å². The number of allylic oxidation sites excluding steroid dienone is 1. The molecule has 0 saturated heterocycles. The van der Waals surface area contributed by atoms with E-state index in [1.807, 2.05) is 57.5 Å². The third-order valence-electron chi connectivity index (χ3n) is 7.08. The lowest BCUT2D eigenvalue weighted by Gasteiger charge is -2.26. The molecule has 3 rings (SSSR count). The number of nitrogens with zero attached hydrogens (tertiary/aromatic N) is 2. The predicted octanol–water partition coefficient (Wildman–Crippen LogP) is 5.36. The SMILES string of the molecule is Cc1nc2cc([C@@H]3C/C=C/CCC[C@H](C)[C@H](O)CC(=O)C(C)(C)CCC(=O)O3)ccc2n1C. The van der Waals surface area contributed by atoms with Gasteiger partial charge in [0.25, 0.3) is 0 Å². The van der Waals surface area contributed by atoms with Crippen LogP contribution in [-0.4, -0.2) is 32.5 Å². The molecule has 0 fully saturated rings. The summed E-state index contributed by atoms with van der Waals surface area (Å²) in [5.41, 5.74) is 2.17. The van der Waals surface area contributed by atoms with E-state index in [2.05, 4.69) is 17.1 Å². The van der Waals surface area contributed by atoms with Crippen molar-refractivity contribution in [1.29, 1.82) is 0 Å². The highest BCUT2D eigenvalue weighted by molar-refractivity contribution is 5.85. The molecular weight excluding hydrogens is 416 g/mol. The number of Topliss-reactive ketones (excluding diaryl/α,β-unsaturated/α-hetero) is 1. The number of esters is 1. The number of ketones is 1. The second kappa shape index (κ2) is 10.6. The lowest BCUT2D eigenvalue weighted by atomic mass is 9.79. The summed E-state index contributed by atoms with van der Waals surface area (Å²) in [4.78, 5) is 30.2. The van der Waals surface area contributed by atoms with Crippen LogP contribution in [-0.2, 0) is 21.4 Å². The molecule has 0 amide bonds. The molecule has 1 aliphatic heterocycles. The summed E-state index contributed by atoms with van der Waals surface area (Å²) in [7, 11) is 1.99. The minimum atomic E-state index is -0.684. The van der Waals surface area contributed by atoms with E-state index in [9.17, 15) is 14.7 Å². The van der Waals surface area contributed by atoms with Gasteiger partial charge in [0.05, 0.1) is 17.1 Å². The molecule has 33 heavy (non-hydrogen) atoms. The summed E-state index contributed by atoms with van der Waals surface area (Å²) in [5.74, 6) is 0.683. The van der Waals surface area contributed by atoms with Crippen molar-refractivity contribution < 1.29 is 19.4 Å². The molecule has 6 heteroatoms. The number of carbonyl (C=O) groups excluding carboxylic acids is 2. The van der Waals surface area contributed by atoms with Gasteiger partial charge in [-0.05, 0) is 56.2 Å². The smallest absolute Gasteiger partial charge is 0.306 e. The van der Waals surface area contributed by atoms with Crippen molar-refractivity contribution in [3.05, 3.63) is 41.7 Å².